The van der Waals surface area contributed by atoms with Gasteiger partial charge in [-0.1, -0.05) is 0 Å². The Labute approximate surface area is 140 Å². The molecule has 8 heteroatoms. The molecule has 128 valence electrons. The quantitative estimate of drug-likeness (QED) is 0.841. The summed E-state index contributed by atoms with van der Waals surface area (Å²) in [5.74, 6) is -0.251. The highest BCUT2D eigenvalue weighted by Crippen LogP contribution is 2.33. The Balaban J connectivity index is 1.49. The van der Waals surface area contributed by atoms with Crippen LogP contribution in [0.25, 0.3) is 0 Å². The number of hydrogen-bond donors (Lipinski definition) is 1. The Morgan fingerprint density at radius 1 is 1.30 bits per heavy atom. The summed E-state index contributed by atoms with van der Waals surface area (Å²) in [5.41, 5.74) is 0. The molecule has 1 aromatic rings. The highest BCUT2D eigenvalue weighted by molar-refractivity contribution is 7.89. The third kappa shape index (κ3) is 4.12. The summed E-state index contributed by atoms with van der Waals surface area (Å²) in [6.45, 7) is 2.13. The summed E-state index contributed by atoms with van der Waals surface area (Å²) in [6.07, 6.45) is 4.00. The molecule has 2 fully saturated rings. The summed E-state index contributed by atoms with van der Waals surface area (Å²) in [4.78, 5) is 13.8. The summed E-state index contributed by atoms with van der Waals surface area (Å²) in [7, 11) is -3.24. The average Bonchev–Trinajstić information content (AvgIpc) is 3.26. The van der Waals surface area contributed by atoms with E-state index < -0.39 is 10.0 Å². The van der Waals surface area contributed by atoms with Crippen LogP contribution in [0.15, 0.2) is 12.1 Å². The zero-order valence-electron chi connectivity index (χ0n) is 13.0. The maximum absolute atomic E-state index is 12.1. The van der Waals surface area contributed by atoms with Crippen molar-refractivity contribution in [1.29, 1.82) is 0 Å². The second-order valence-electron chi connectivity index (χ2n) is 5.88. The fraction of sp³-hybridized carbons (Fsp3) is 0.667. The van der Waals surface area contributed by atoms with Crippen molar-refractivity contribution >= 4 is 27.3 Å². The van der Waals surface area contributed by atoms with Gasteiger partial charge in [0.1, 0.15) is 0 Å². The molecule has 1 amide bonds. The fourth-order valence-corrected chi connectivity index (χ4v) is 5.37. The van der Waals surface area contributed by atoms with Gasteiger partial charge in [0.05, 0.1) is 16.7 Å². The predicted molar refractivity (Wildman–Crippen MR) is 89.2 cm³/mol. The summed E-state index contributed by atoms with van der Waals surface area (Å²) >= 11 is 1.42. The van der Waals surface area contributed by atoms with Crippen molar-refractivity contribution in [2.45, 2.75) is 31.8 Å². The Kier molecular flexibility index (Phi) is 5.35. The van der Waals surface area contributed by atoms with Gasteiger partial charge in [-0.05, 0) is 37.8 Å². The zero-order valence-corrected chi connectivity index (χ0v) is 14.6. The molecule has 3 heterocycles. The lowest BCUT2D eigenvalue weighted by molar-refractivity contribution is 0.0960. The van der Waals surface area contributed by atoms with Crippen molar-refractivity contribution in [2.75, 3.05) is 32.0 Å². The lowest BCUT2D eigenvalue weighted by Gasteiger charge is -2.15. The van der Waals surface area contributed by atoms with Crippen LogP contribution in [-0.4, -0.2) is 50.6 Å². The van der Waals surface area contributed by atoms with Crippen molar-refractivity contribution in [3.63, 3.8) is 0 Å². The van der Waals surface area contributed by atoms with E-state index in [2.05, 4.69) is 5.32 Å². The molecule has 2 aliphatic rings. The normalized spacial score (nSPS) is 22.5. The van der Waals surface area contributed by atoms with Gasteiger partial charge in [-0.15, -0.1) is 11.3 Å². The SMILES string of the molecule is O=C(NCCS(=O)(=O)N1CCCC1)c1ccc(C2CCCO2)s1. The number of nitrogens with one attached hydrogen (secondary N) is 1. The minimum Gasteiger partial charge on any atom is -0.373 e. The first-order valence-electron chi connectivity index (χ1n) is 8.03. The molecule has 6 nitrogen and oxygen atoms in total. The van der Waals surface area contributed by atoms with Gasteiger partial charge in [0.25, 0.3) is 5.91 Å². The minimum absolute atomic E-state index is 0.0390. The molecule has 0 saturated carbocycles. The van der Waals surface area contributed by atoms with Gasteiger partial charge in [-0.3, -0.25) is 4.79 Å². The maximum Gasteiger partial charge on any atom is 0.261 e. The van der Waals surface area contributed by atoms with E-state index >= 15 is 0 Å². The van der Waals surface area contributed by atoms with Gasteiger partial charge in [-0.25, -0.2) is 12.7 Å². The topological polar surface area (TPSA) is 75.7 Å². The third-order valence-corrected chi connectivity index (χ3v) is 7.25. The average molecular weight is 358 g/mol. The molecule has 0 aliphatic carbocycles. The highest BCUT2D eigenvalue weighted by atomic mass is 32.2. The third-order valence-electron chi connectivity index (χ3n) is 4.20. The molecule has 2 aliphatic heterocycles. The van der Waals surface area contributed by atoms with Crippen LogP contribution in [0.1, 0.15) is 46.3 Å². The Bertz CT molecular complexity index is 644. The summed E-state index contributed by atoms with van der Waals surface area (Å²) in [6, 6.07) is 3.71. The number of carbonyl (C=O) groups excluding carboxylic acids is 1. The van der Waals surface area contributed by atoms with Gasteiger partial charge in [-0.2, -0.15) is 0 Å². The van der Waals surface area contributed by atoms with Crippen LogP contribution in [0.3, 0.4) is 0 Å². The van der Waals surface area contributed by atoms with E-state index in [-0.39, 0.29) is 24.3 Å². The van der Waals surface area contributed by atoms with E-state index in [1.54, 1.807) is 6.07 Å². The zero-order chi connectivity index (χ0) is 16.3. The highest BCUT2D eigenvalue weighted by Gasteiger charge is 2.25. The van der Waals surface area contributed by atoms with Gasteiger partial charge < -0.3 is 10.1 Å². The minimum atomic E-state index is -3.24. The predicted octanol–water partition coefficient (Wildman–Crippen LogP) is 1.75. The number of hydrogen-bond acceptors (Lipinski definition) is 5. The molecule has 0 radical (unpaired) electrons. The van der Waals surface area contributed by atoms with Gasteiger partial charge >= 0.3 is 0 Å². The molecule has 3 rings (SSSR count). The standard InChI is InChI=1S/C15H22N2O4S2/c18-15(14-6-5-13(22-14)12-4-3-10-21-12)16-7-11-23(19,20)17-8-1-2-9-17/h5-6,12H,1-4,7-11H2,(H,16,18). The Morgan fingerprint density at radius 3 is 2.78 bits per heavy atom. The van der Waals surface area contributed by atoms with E-state index in [0.29, 0.717) is 18.0 Å². The second kappa shape index (κ2) is 7.29. The first kappa shape index (κ1) is 16.9. The van der Waals surface area contributed by atoms with E-state index in [1.165, 1.54) is 15.6 Å². The lowest BCUT2D eigenvalue weighted by Crippen LogP contribution is -2.36. The first-order valence-corrected chi connectivity index (χ1v) is 10.5. The molecule has 0 spiro atoms. The molecule has 1 aromatic heterocycles. The van der Waals surface area contributed by atoms with Crippen molar-refractivity contribution in [1.82, 2.24) is 9.62 Å². The molecular formula is C15H22N2O4S2. The van der Waals surface area contributed by atoms with Crippen LogP contribution in [0.5, 0.6) is 0 Å². The Morgan fingerprint density at radius 2 is 2.09 bits per heavy atom. The van der Waals surface area contributed by atoms with Gasteiger partial charge in [0, 0.05) is 31.1 Å². The van der Waals surface area contributed by atoms with Gasteiger partial charge in [0.15, 0.2) is 0 Å². The van der Waals surface area contributed by atoms with E-state index in [9.17, 15) is 13.2 Å². The van der Waals surface area contributed by atoms with Crippen LogP contribution in [0.4, 0.5) is 0 Å². The van der Waals surface area contributed by atoms with Crippen molar-refractivity contribution in [3.8, 4) is 0 Å². The Hall–Kier alpha value is -0.960. The molecule has 2 saturated heterocycles. The molecule has 23 heavy (non-hydrogen) atoms. The van der Waals surface area contributed by atoms with Crippen LogP contribution in [-0.2, 0) is 14.8 Å². The number of rotatable bonds is 6. The van der Waals surface area contributed by atoms with Crippen molar-refractivity contribution in [2.24, 2.45) is 0 Å². The fourth-order valence-electron chi connectivity index (χ4n) is 2.93. The van der Waals surface area contributed by atoms with Crippen LogP contribution in [0, 0.1) is 0 Å². The van der Waals surface area contributed by atoms with Crippen LogP contribution >= 0.6 is 11.3 Å². The van der Waals surface area contributed by atoms with Crippen LogP contribution < -0.4 is 5.32 Å². The molecular weight excluding hydrogens is 336 g/mol. The van der Waals surface area contributed by atoms with E-state index in [1.807, 2.05) is 6.07 Å². The second-order valence-corrected chi connectivity index (χ2v) is 9.09. The monoisotopic (exact) mass is 358 g/mol. The number of thiophene rings is 1. The van der Waals surface area contributed by atoms with E-state index in [4.69, 9.17) is 4.74 Å². The first-order chi connectivity index (χ1) is 11.1. The molecule has 1 atom stereocenters. The largest absolute Gasteiger partial charge is 0.373 e. The van der Waals surface area contributed by atoms with Gasteiger partial charge in [0.2, 0.25) is 10.0 Å². The number of sulfonamides is 1. The van der Waals surface area contributed by atoms with Crippen LogP contribution in [0.2, 0.25) is 0 Å². The molecule has 1 unspecified atom stereocenters. The smallest absolute Gasteiger partial charge is 0.261 e. The summed E-state index contributed by atoms with van der Waals surface area (Å²) in [5, 5.41) is 2.71. The number of ether oxygens (including phenoxy) is 1. The van der Waals surface area contributed by atoms with E-state index in [0.717, 1.165) is 37.2 Å². The number of carbonyl (C=O) groups is 1. The van der Waals surface area contributed by atoms with Crippen molar-refractivity contribution in [3.05, 3.63) is 21.9 Å². The van der Waals surface area contributed by atoms with Crippen molar-refractivity contribution < 1.29 is 17.9 Å². The number of amides is 1. The molecule has 1 N–H and O–H groups in total. The maximum atomic E-state index is 12.1. The molecule has 0 bridgehead atoms. The lowest BCUT2D eigenvalue weighted by atomic mass is 10.2. The summed E-state index contributed by atoms with van der Waals surface area (Å²) < 4.78 is 31.3. The molecule has 0 aromatic carbocycles. The number of nitrogens with zero attached hydrogens (tertiary/aromatic N) is 1.